The molecule has 0 saturated carbocycles. The summed E-state index contributed by atoms with van der Waals surface area (Å²) in [6, 6.07) is 13.9. The number of amides is 1. The van der Waals surface area contributed by atoms with E-state index in [0.29, 0.717) is 17.8 Å². The lowest BCUT2D eigenvalue weighted by atomic mass is 10.1. The molecule has 1 amide bonds. The summed E-state index contributed by atoms with van der Waals surface area (Å²) in [6.07, 6.45) is -4.68. The van der Waals surface area contributed by atoms with E-state index in [1.54, 1.807) is 0 Å². The zero-order chi connectivity index (χ0) is 20.1. The van der Waals surface area contributed by atoms with Crippen LogP contribution in [0.15, 0.2) is 54.6 Å². The highest BCUT2D eigenvalue weighted by Crippen LogP contribution is 2.34. The molecule has 3 rings (SSSR count). The van der Waals surface area contributed by atoms with Gasteiger partial charge in [-0.15, -0.1) is 0 Å². The number of aromatic amines is 1. The van der Waals surface area contributed by atoms with Gasteiger partial charge in [0.05, 0.1) is 16.9 Å². The van der Waals surface area contributed by atoms with E-state index in [2.05, 4.69) is 15.5 Å². The molecule has 0 aliphatic heterocycles. The van der Waals surface area contributed by atoms with Crippen molar-refractivity contribution in [3.63, 3.8) is 0 Å². The van der Waals surface area contributed by atoms with Crippen LogP contribution >= 0.6 is 0 Å². The molecular weight excluding hydrogens is 371 g/mol. The molecule has 0 spiro atoms. The largest absolute Gasteiger partial charge is 0.444 e. The third-order valence-electron chi connectivity index (χ3n) is 4.10. The molecule has 0 radical (unpaired) electrons. The third-order valence-corrected chi connectivity index (χ3v) is 4.10. The maximum absolute atomic E-state index is 13.0. The Hall–Kier alpha value is -3.29. The van der Waals surface area contributed by atoms with Crippen LogP contribution in [0.4, 0.5) is 23.7 Å². The number of nitrogens with zero attached hydrogens (tertiary/aromatic N) is 1. The number of anilines is 1. The van der Waals surface area contributed by atoms with Crippen LogP contribution in [0.1, 0.15) is 23.7 Å². The Balaban J connectivity index is 1.82. The second kappa shape index (κ2) is 8.16. The van der Waals surface area contributed by atoms with Gasteiger partial charge in [-0.25, -0.2) is 4.79 Å². The van der Waals surface area contributed by atoms with Crippen molar-refractivity contribution in [2.45, 2.75) is 26.1 Å². The molecule has 0 aliphatic rings. The van der Waals surface area contributed by atoms with Crippen molar-refractivity contribution in [2.24, 2.45) is 0 Å². The van der Waals surface area contributed by atoms with Gasteiger partial charge < -0.3 is 4.74 Å². The summed E-state index contributed by atoms with van der Waals surface area (Å²) in [7, 11) is 0. The fraction of sp³-hybridized carbons (Fsp3) is 0.200. The Morgan fingerprint density at radius 1 is 1.14 bits per heavy atom. The van der Waals surface area contributed by atoms with Crippen molar-refractivity contribution in [3.8, 4) is 11.3 Å². The van der Waals surface area contributed by atoms with Gasteiger partial charge in [-0.1, -0.05) is 49.4 Å². The topological polar surface area (TPSA) is 67.0 Å². The van der Waals surface area contributed by atoms with Crippen LogP contribution in [-0.4, -0.2) is 16.3 Å². The van der Waals surface area contributed by atoms with E-state index in [1.807, 2.05) is 37.3 Å². The Kier molecular flexibility index (Phi) is 5.67. The minimum atomic E-state index is -4.47. The fourth-order valence-electron chi connectivity index (χ4n) is 2.68. The second-order valence-electron chi connectivity index (χ2n) is 6.04. The van der Waals surface area contributed by atoms with Crippen molar-refractivity contribution in [2.75, 3.05) is 5.32 Å². The summed E-state index contributed by atoms with van der Waals surface area (Å²) in [5.74, 6) is 0. The number of hydrogen-bond acceptors (Lipinski definition) is 3. The van der Waals surface area contributed by atoms with Gasteiger partial charge in [-0.2, -0.15) is 18.3 Å². The summed E-state index contributed by atoms with van der Waals surface area (Å²) in [5, 5.41) is 9.45. The first kappa shape index (κ1) is 19.5. The number of nitrogens with one attached hydrogen (secondary N) is 2. The van der Waals surface area contributed by atoms with Gasteiger partial charge >= 0.3 is 12.3 Å². The van der Waals surface area contributed by atoms with Gasteiger partial charge in [-0.05, 0) is 24.1 Å². The number of carbonyl (C=O) groups is 1. The van der Waals surface area contributed by atoms with E-state index in [9.17, 15) is 18.0 Å². The maximum atomic E-state index is 13.0. The number of H-pyrrole nitrogens is 1. The van der Waals surface area contributed by atoms with E-state index < -0.39 is 17.8 Å². The molecule has 2 aromatic carbocycles. The highest BCUT2D eigenvalue weighted by Gasteiger charge is 2.31. The molecule has 0 atom stereocenters. The molecule has 146 valence electrons. The number of aromatic nitrogens is 2. The van der Waals surface area contributed by atoms with Crippen LogP contribution in [0.5, 0.6) is 0 Å². The lowest BCUT2D eigenvalue weighted by Crippen LogP contribution is -2.15. The highest BCUT2D eigenvalue weighted by molar-refractivity contribution is 5.91. The first-order valence-corrected chi connectivity index (χ1v) is 8.61. The second-order valence-corrected chi connectivity index (χ2v) is 6.04. The monoisotopic (exact) mass is 389 g/mol. The van der Waals surface area contributed by atoms with E-state index in [0.717, 1.165) is 17.7 Å². The first-order chi connectivity index (χ1) is 13.4. The van der Waals surface area contributed by atoms with Crippen molar-refractivity contribution < 1.29 is 22.7 Å². The summed E-state index contributed by atoms with van der Waals surface area (Å²) < 4.78 is 44.2. The molecule has 2 N–H and O–H groups in total. The normalized spacial score (nSPS) is 11.3. The molecule has 5 nitrogen and oxygen atoms in total. The highest BCUT2D eigenvalue weighted by atomic mass is 19.4. The number of carbonyl (C=O) groups excluding carboxylic acids is 1. The van der Waals surface area contributed by atoms with Crippen LogP contribution in [0.2, 0.25) is 0 Å². The summed E-state index contributed by atoms with van der Waals surface area (Å²) in [6.45, 7) is 1.91. The summed E-state index contributed by atoms with van der Waals surface area (Å²) in [5.41, 5.74) is 1.38. The van der Waals surface area contributed by atoms with Crippen molar-refractivity contribution in [1.82, 2.24) is 10.2 Å². The molecule has 1 heterocycles. The Bertz CT molecular complexity index is 953. The Morgan fingerprint density at radius 2 is 1.89 bits per heavy atom. The van der Waals surface area contributed by atoms with Crippen molar-refractivity contribution in [3.05, 3.63) is 71.4 Å². The van der Waals surface area contributed by atoms with Crippen molar-refractivity contribution in [1.29, 1.82) is 0 Å². The van der Waals surface area contributed by atoms with E-state index in [-0.39, 0.29) is 17.9 Å². The molecule has 0 aliphatic carbocycles. The number of halogens is 3. The number of aryl methyl sites for hydroxylation is 1. The standard InChI is InChI=1S/C20H18F3N3O2/c1-2-16-18(24-19(27)28-12-13-7-4-3-5-8-13)17(26-25-16)14-9-6-10-15(11-14)20(21,22)23/h3-11H,2,12H2,1H3,(H,24,27)(H,25,26). The zero-order valence-electron chi connectivity index (χ0n) is 15.0. The molecule has 8 heteroatoms. The summed E-state index contributed by atoms with van der Waals surface area (Å²) >= 11 is 0. The van der Waals surface area contributed by atoms with E-state index in [1.165, 1.54) is 12.1 Å². The number of benzene rings is 2. The first-order valence-electron chi connectivity index (χ1n) is 8.61. The summed E-state index contributed by atoms with van der Waals surface area (Å²) in [4.78, 5) is 12.2. The molecule has 0 saturated heterocycles. The molecule has 3 aromatic rings. The third kappa shape index (κ3) is 4.51. The lowest BCUT2D eigenvalue weighted by molar-refractivity contribution is -0.137. The minimum absolute atomic E-state index is 0.0743. The van der Waals surface area contributed by atoms with Gasteiger partial charge in [0.1, 0.15) is 12.3 Å². The smallest absolute Gasteiger partial charge is 0.416 e. The van der Waals surface area contributed by atoms with Crippen LogP contribution < -0.4 is 5.32 Å². The number of alkyl halides is 3. The maximum Gasteiger partial charge on any atom is 0.416 e. The van der Waals surface area contributed by atoms with E-state index >= 15 is 0 Å². The molecule has 28 heavy (non-hydrogen) atoms. The quantitative estimate of drug-likeness (QED) is 0.613. The zero-order valence-corrected chi connectivity index (χ0v) is 15.0. The van der Waals surface area contributed by atoms with Crippen LogP contribution in [0.3, 0.4) is 0 Å². The van der Waals surface area contributed by atoms with Crippen LogP contribution in [0.25, 0.3) is 11.3 Å². The van der Waals surface area contributed by atoms with Gasteiger partial charge in [0, 0.05) is 5.56 Å². The van der Waals surface area contributed by atoms with E-state index in [4.69, 9.17) is 4.74 Å². The van der Waals surface area contributed by atoms with Gasteiger partial charge in [0.25, 0.3) is 0 Å². The molecule has 1 aromatic heterocycles. The van der Waals surface area contributed by atoms with Crippen LogP contribution in [0, 0.1) is 0 Å². The van der Waals surface area contributed by atoms with Crippen molar-refractivity contribution >= 4 is 11.8 Å². The lowest BCUT2D eigenvalue weighted by Gasteiger charge is -2.11. The molecule has 0 unspecified atom stereocenters. The Labute approximate surface area is 159 Å². The average molecular weight is 389 g/mol. The average Bonchev–Trinajstić information content (AvgIpc) is 3.09. The number of hydrogen-bond donors (Lipinski definition) is 2. The van der Waals surface area contributed by atoms with Gasteiger partial charge in [0.15, 0.2) is 0 Å². The number of ether oxygens (including phenoxy) is 1. The predicted molar refractivity (Wildman–Crippen MR) is 98.7 cm³/mol. The SMILES string of the molecule is CCc1[nH]nc(-c2cccc(C(F)(F)F)c2)c1NC(=O)OCc1ccccc1. The predicted octanol–water partition coefficient (Wildman–Crippen LogP) is 5.41. The molecule has 0 fully saturated rings. The fourth-order valence-corrected chi connectivity index (χ4v) is 2.68. The minimum Gasteiger partial charge on any atom is -0.444 e. The molecule has 0 bridgehead atoms. The molecular formula is C20H18F3N3O2. The Morgan fingerprint density at radius 3 is 2.57 bits per heavy atom. The number of rotatable bonds is 5. The van der Waals surface area contributed by atoms with Gasteiger partial charge in [-0.3, -0.25) is 10.4 Å². The van der Waals surface area contributed by atoms with Crippen LogP contribution in [-0.2, 0) is 23.9 Å². The van der Waals surface area contributed by atoms with Gasteiger partial charge in [0.2, 0.25) is 0 Å².